The van der Waals surface area contributed by atoms with Crippen LogP contribution in [-0.2, 0) is 0 Å². The van der Waals surface area contributed by atoms with Gasteiger partial charge in [0.15, 0.2) is 0 Å². The number of benzene rings is 4. The van der Waals surface area contributed by atoms with Crippen LogP contribution in [0.4, 0.5) is 0 Å². The van der Waals surface area contributed by atoms with E-state index >= 15 is 0 Å². The average molecular weight is 453 g/mol. The predicted octanol–water partition coefficient (Wildman–Crippen LogP) is 6.28. The Hall–Kier alpha value is -2.26. The van der Waals surface area contributed by atoms with Crippen molar-refractivity contribution >= 4 is 37.1 Å². The van der Waals surface area contributed by atoms with E-state index in [9.17, 15) is 0 Å². The zero-order valence-corrected chi connectivity index (χ0v) is 20.2. The summed E-state index contributed by atoms with van der Waals surface area (Å²) < 4.78 is 0. The maximum absolute atomic E-state index is 2.34. The van der Waals surface area contributed by atoms with E-state index in [1.165, 1.54) is 46.4 Å². The second kappa shape index (κ2) is 10.6. The topological polar surface area (TPSA) is 0 Å². The third-order valence-corrected chi connectivity index (χ3v) is 12.0. The molecular formula is C30H30P2. The molecule has 0 radical (unpaired) electrons. The van der Waals surface area contributed by atoms with Crippen LogP contribution in [0.25, 0.3) is 0 Å². The van der Waals surface area contributed by atoms with Gasteiger partial charge in [-0.05, 0) is 74.1 Å². The quantitative estimate of drug-likeness (QED) is 0.276. The maximum atomic E-state index is 2.34. The summed E-state index contributed by atoms with van der Waals surface area (Å²) in [6, 6.07) is 44.9. The molecule has 0 aromatic heterocycles. The van der Waals surface area contributed by atoms with Crippen molar-refractivity contribution < 1.29 is 0 Å². The van der Waals surface area contributed by atoms with Gasteiger partial charge in [0.1, 0.15) is 0 Å². The smallest absolute Gasteiger partial charge is 0.0195 e. The number of hydrogen-bond acceptors (Lipinski definition) is 0. The average Bonchev–Trinajstić information content (AvgIpc) is 2.86. The normalized spacial score (nSPS) is 17.9. The zero-order valence-electron chi connectivity index (χ0n) is 18.4. The molecule has 2 heteroatoms. The van der Waals surface area contributed by atoms with E-state index in [1.54, 1.807) is 0 Å². The SMILES string of the molecule is c1ccc(P(CC2CC[C@H]2CP(c2ccccc2)c2ccccc2)c2ccccc2)cc1. The lowest BCUT2D eigenvalue weighted by atomic mass is 9.76. The van der Waals surface area contributed by atoms with Crippen molar-refractivity contribution in [3.8, 4) is 0 Å². The van der Waals surface area contributed by atoms with Crippen molar-refractivity contribution in [3.05, 3.63) is 121 Å². The summed E-state index contributed by atoms with van der Waals surface area (Å²) in [5, 5.41) is 6.08. The molecule has 0 N–H and O–H groups in total. The molecule has 5 rings (SSSR count). The van der Waals surface area contributed by atoms with Gasteiger partial charge in [0.2, 0.25) is 0 Å². The molecule has 1 saturated carbocycles. The fraction of sp³-hybridized carbons (Fsp3) is 0.200. The maximum Gasteiger partial charge on any atom is -0.0195 e. The molecule has 32 heavy (non-hydrogen) atoms. The van der Waals surface area contributed by atoms with Gasteiger partial charge in [-0.3, -0.25) is 0 Å². The molecule has 1 unspecified atom stereocenters. The summed E-state index contributed by atoms with van der Waals surface area (Å²) in [6.45, 7) is 0. The van der Waals surface area contributed by atoms with E-state index in [4.69, 9.17) is 0 Å². The van der Waals surface area contributed by atoms with Crippen LogP contribution in [0.2, 0.25) is 0 Å². The molecule has 1 aliphatic rings. The van der Waals surface area contributed by atoms with Gasteiger partial charge >= 0.3 is 0 Å². The molecule has 4 aromatic carbocycles. The summed E-state index contributed by atoms with van der Waals surface area (Å²) in [6.07, 6.45) is 5.41. The fourth-order valence-electron chi connectivity index (χ4n) is 4.74. The van der Waals surface area contributed by atoms with Crippen LogP contribution in [0.1, 0.15) is 12.8 Å². The molecule has 0 nitrogen and oxygen atoms in total. The third kappa shape index (κ3) is 5.04. The molecule has 0 saturated heterocycles. The molecule has 0 aliphatic heterocycles. The molecule has 0 heterocycles. The van der Waals surface area contributed by atoms with Crippen LogP contribution in [0.3, 0.4) is 0 Å². The van der Waals surface area contributed by atoms with Crippen LogP contribution < -0.4 is 21.2 Å². The van der Waals surface area contributed by atoms with Gasteiger partial charge in [0.05, 0.1) is 0 Å². The van der Waals surface area contributed by atoms with E-state index in [-0.39, 0.29) is 15.8 Å². The first-order valence-electron chi connectivity index (χ1n) is 11.6. The highest BCUT2D eigenvalue weighted by Crippen LogP contribution is 2.49. The Labute approximate surface area is 195 Å². The second-order valence-corrected chi connectivity index (χ2v) is 13.2. The molecule has 0 bridgehead atoms. The van der Waals surface area contributed by atoms with Gasteiger partial charge in [-0.15, -0.1) is 0 Å². The first-order chi connectivity index (χ1) is 15.9. The largest absolute Gasteiger partial charge is 0.0622 e. The minimum Gasteiger partial charge on any atom is -0.0622 e. The Morgan fingerprint density at radius 3 is 0.875 bits per heavy atom. The third-order valence-electron chi connectivity index (χ3n) is 6.68. The molecule has 0 spiro atoms. The van der Waals surface area contributed by atoms with Crippen molar-refractivity contribution in [1.29, 1.82) is 0 Å². The molecule has 4 aromatic rings. The molecule has 160 valence electrons. The highest BCUT2D eigenvalue weighted by atomic mass is 31.1. The van der Waals surface area contributed by atoms with Gasteiger partial charge < -0.3 is 0 Å². The Morgan fingerprint density at radius 1 is 0.406 bits per heavy atom. The van der Waals surface area contributed by atoms with Crippen molar-refractivity contribution in [2.75, 3.05) is 12.3 Å². The summed E-state index contributed by atoms with van der Waals surface area (Å²) >= 11 is 0. The predicted molar refractivity (Wildman–Crippen MR) is 144 cm³/mol. The Morgan fingerprint density at radius 2 is 0.656 bits per heavy atom. The first kappa shape index (κ1) is 21.6. The van der Waals surface area contributed by atoms with Gasteiger partial charge in [-0.1, -0.05) is 121 Å². The van der Waals surface area contributed by atoms with Crippen LogP contribution in [0.15, 0.2) is 121 Å². The highest BCUT2D eigenvalue weighted by Gasteiger charge is 2.35. The Kier molecular flexibility index (Phi) is 7.13. The molecule has 1 aliphatic carbocycles. The molecule has 0 amide bonds. The summed E-state index contributed by atoms with van der Waals surface area (Å²) in [7, 11) is -0.596. The number of rotatable bonds is 8. The summed E-state index contributed by atoms with van der Waals surface area (Å²) in [5.41, 5.74) is 0. The Bertz CT molecular complexity index is 911. The molecular weight excluding hydrogens is 422 g/mol. The van der Waals surface area contributed by atoms with E-state index in [1.807, 2.05) is 0 Å². The van der Waals surface area contributed by atoms with Crippen molar-refractivity contribution in [3.63, 3.8) is 0 Å². The van der Waals surface area contributed by atoms with Crippen LogP contribution in [0.5, 0.6) is 0 Å². The lowest BCUT2D eigenvalue weighted by molar-refractivity contribution is 0.228. The second-order valence-electron chi connectivity index (χ2n) is 8.66. The van der Waals surface area contributed by atoms with E-state index in [0.29, 0.717) is 0 Å². The monoisotopic (exact) mass is 452 g/mol. The van der Waals surface area contributed by atoms with Crippen molar-refractivity contribution in [2.24, 2.45) is 11.8 Å². The van der Waals surface area contributed by atoms with Gasteiger partial charge in [0, 0.05) is 0 Å². The van der Waals surface area contributed by atoms with Crippen LogP contribution >= 0.6 is 15.8 Å². The Balaban J connectivity index is 1.37. The number of hydrogen-bond donors (Lipinski definition) is 0. The van der Waals surface area contributed by atoms with Crippen LogP contribution in [0, 0.1) is 11.8 Å². The minimum atomic E-state index is -0.298. The lowest BCUT2D eigenvalue weighted by Crippen LogP contribution is -2.34. The van der Waals surface area contributed by atoms with Crippen molar-refractivity contribution in [2.45, 2.75) is 12.8 Å². The standard InChI is InChI=1S/C30H30P2/c1-5-13-27(14-6-1)31(28-15-7-2-8-16-28)23-25-21-22-26(25)24-32(29-17-9-3-10-18-29)30-19-11-4-12-20-30/h1-20,25-26H,21-24H2/t25-,26?/m0/s1. The zero-order chi connectivity index (χ0) is 21.6. The fourth-order valence-corrected chi connectivity index (χ4v) is 10.2. The van der Waals surface area contributed by atoms with E-state index < -0.39 is 0 Å². The summed E-state index contributed by atoms with van der Waals surface area (Å²) in [4.78, 5) is 0. The van der Waals surface area contributed by atoms with Gasteiger partial charge in [0.25, 0.3) is 0 Å². The first-order valence-corrected chi connectivity index (χ1v) is 14.7. The van der Waals surface area contributed by atoms with Gasteiger partial charge in [-0.25, -0.2) is 0 Å². The minimum absolute atomic E-state index is 0.298. The molecule has 2 atom stereocenters. The molecule has 1 fully saturated rings. The lowest BCUT2D eigenvalue weighted by Gasteiger charge is -2.41. The van der Waals surface area contributed by atoms with E-state index in [2.05, 4.69) is 121 Å². The van der Waals surface area contributed by atoms with Crippen LogP contribution in [-0.4, -0.2) is 12.3 Å². The van der Waals surface area contributed by atoms with Gasteiger partial charge in [-0.2, -0.15) is 0 Å². The summed E-state index contributed by atoms with van der Waals surface area (Å²) in [5.74, 6) is 1.66. The van der Waals surface area contributed by atoms with Crippen molar-refractivity contribution in [1.82, 2.24) is 0 Å². The highest BCUT2D eigenvalue weighted by molar-refractivity contribution is 7.73. The van der Waals surface area contributed by atoms with E-state index in [0.717, 1.165) is 11.8 Å².